The van der Waals surface area contributed by atoms with Crippen molar-refractivity contribution in [2.45, 2.75) is 11.8 Å². The molecule has 37 heavy (non-hydrogen) atoms. The van der Waals surface area contributed by atoms with Crippen molar-refractivity contribution in [3.8, 4) is 22.6 Å². The van der Waals surface area contributed by atoms with Crippen LogP contribution in [-0.4, -0.2) is 13.3 Å². The monoisotopic (exact) mass is 479 g/mol. The maximum atomic E-state index is 10.9. The highest BCUT2D eigenvalue weighted by Crippen LogP contribution is 2.62. The number of para-hydroxylation sites is 2. The van der Waals surface area contributed by atoms with E-state index in [2.05, 4.69) is 103 Å². The third-order valence-electron chi connectivity index (χ3n) is 7.86. The molecule has 7 rings (SSSR count). The van der Waals surface area contributed by atoms with Gasteiger partial charge in [0.25, 0.3) is 0 Å². The Hall–Kier alpha value is -4.63. The van der Waals surface area contributed by atoms with Crippen molar-refractivity contribution in [3.05, 3.63) is 143 Å². The first kappa shape index (κ1) is 21.6. The maximum Gasteiger partial charge on any atom is 0.132 e. The number of carbonyl (C=O) groups is 1. The van der Waals surface area contributed by atoms with Gasteiger partial charge in [-0.15, -0.1) is 0 Å². The minimum atomic E-state index is -0.470. The zero-order valence-corrected chi connectivity index (χ0v) is 20.5. The molecule has 0 amide bonds. The zero-order chi connectivity index (χ0) is 25.0. The van der Waals surface area contributed by atoms with Crippen molar-refractivity contribution >= 4 is 17.7 Å². The fraction of sp³-hybridized carbons (Fsp3) is 0.0882. The fourth-order valence-electron chi connectivity index (χ4n) is 6.15. The van der Waals surface area contributed by atoms with E-state index >= 15 is 0 Å². The highest BCUT2D eigenvalue weighted by atomic mass is 16.5. The molecule has 1 aliphatic carbocycles. The van der Waals surface area contributed by atoms with Crippen molar-refractivity contribution in [2.24, 2.45) is 0 Å². The van der Waals surface area contributed by atoms with Gasteiger partial charge in [-0.2, -0.15) is 0 Å². The number of rotatable bonds is 4. The Labute approximate surface area is 216 Å². The van der Waals surface area contributed by atoms with Gasteiger partial charge in [0.2, 0.25) is 0 Å². The number of nitrogens with zero attached hydrogens (tertiary/aromatic N) is 1. The van der Waals surface area contributed by atoms with Gasteiger partial charge in [-0.05, 0) is 64.2 Å². The first-order valence-corrected chi connectivity index (χ1v) is 12.6. The number of hydrogen-bond donors (Lipinski definition) is 0. The lowest BCUT2D eigenvalue weighted by Gasteiger charge is -2.39. The average Bonchev–Trinajstić information content (AvgIpc) is 3.24. The average molecular weight is 480 g/mol. The molecule has 3 nitrogen and oxygen atoms in total. The zero-order valence-electron chi connectivity index (χ0n) is 20.5. The SMILES string of the molecule is CN(c1ccc(CC=O)cc1)c1ccc2c(c1)C1(c3ccccc3Oc3ccccc31)c1ccccc1-2. The molecular weight excluding hydrogens is 454 g/mol. The van der Waals surface area contributed by atoms with Gasteiger partial charge in [-0.1, -0.05) is 78.9 Å². The minimum absolute atomic E-state index is 0.435. The molecule has 0 saturated heterocycles. The third kappa shape index (κ3) is 3.04. The molecule has 1 spiro atoms. The van der Waals surface area contributed by atoms with E-state index in [4.69, 9.17) is 4.74 Å². The van der Waals surface area contributed by atoms with Crippen molar-refractivity contribution in [2.75, 3.05) is 11.9 Å². The van der Waals surface area contributed by atoms with Crippen LogP contribution in [0.4, 0.5) is 11.4 Å². The Morgan fingerprint density at radius 1 is 0.649 bits per heavy atom. The molecule has 3 heteroatoms. The molecule has 0 atom stereocenters. The van der Waals surface area contributed by atoms with Crippen LogP contribution in [-0.2, 0) is 16.6 Å². The second-order valence-electron chi connectivity index (χ2n) is 9.72. The largest absolute Gasteiger partial charge is 0.457 e. The quantitative estimate of drug-likeness (QED) is 0.243. The molecule has 5 aromatic carbocycles. The van der Waals surface area contributed by atoms with Gasteiger partial charge in [0.05, 0.1) is 5.41 Å². The lowest BCUT2D eigenvalue weighted by Crippen LogP contribution is -2.32. The van der Waals surface area contributed by atoms with E-state index in [1.165, 1.54) is 22.3 Å². The first-order valence-electron chi connectivity index (χ1n) is 12.6. The molecule has 0 aromatic heterocycles. The molecule has 178 valence electrons. The number of aldehydes is 1. The molecule has 0 radical (unpaired) electrons. The van der Waals surface area contributed by atoms with Gasteiger partial charge in [-0.25, -0.2) is 0 Å². The predicted octanol–water partition coefficient (Wildman–Crippen LogP) is 7.66. The number of carbonyl (C=O) groups excluding carboxylic acids is 1. The minimum Gasteiger partial charge on any atom is -0.457 e. The number of benzene rings is 5. The lowest BCUT2D eigenvalue weighted by atomic mass is 9.66. The highest BCUT2D eigenvalue weighted by molar-refractivity contribution is 5.90. The fourth-order valence-corrected chi connectivity index (χ4v) is 6.15. The van der Waals surface area contributed by atoms with Crippen molar-refractivity contribution in [1.29, 1.82) is 0 Å². The Morgan fingerprint density at radius 3 is 1.89 bits per heavy atom. The molecular formula is C34H25NO2. The van der Waals surface area contributed by atoms with Crippen molar-refractivity contribution in [1.82, 2.24) is 0 Å². The maximum absolute atomic E-state index is 10.9. The van der Waals surface area contributed by atoms with Gasteiger partial charge in [-0.3, -0.25) is 0 Å². The second kappa shape index (κ2) is 8.21. The van der Waals surface area contributed by atoms with E-state index < -0.39 is 5.41 Å². The molecule has 0 fully saturated rings. The summed E-state index contributed by atoms with van der Waals surface area (Å²) in [6.45, 7) is 0. The summed E-state index contributed by atoms with van der Waals surface area (Å²) in [7, 11) is 2.09. The highest BCUT2D eigenvalue weighted by Gasteiger charge is 2.51. The molecule has 0 bridgehead atoms. The summed E-state index contributed by atoms with van der Waals surface area (Å²) in [5, 5.41) is 0. The molecule has 1 heterocycles. The standard InChI is InChI=1S/C34H25NO2/c1-35(24-16-14-23(15-17-24)20-21-36)25-18-19-27-26-8-2-3-9-28(26)34(31(27)22-25)29-10-4-6-12-32(29)37-33-13-7-5-11-30(33)34/h2-19,21-22H,20H2,1H3. The summed E-state index contributed by atoms with van der Waals surface area (Å²) >= 11 is 0. The third-order valence-corrected chi connectivity index (χ3v) is 7.86. The van der Waals surface area contributed by atoms with Crippen LogP contribution < -0.4 is 9.64 Å². The van der Waals surface area contributed by atoms with E-state index in [0.717, 1.165) is 45.9 Å². The molecule has 2 aliphatic rings. The predicted molar refractivity (Wildman–Crippen MR) is 148 cm³/mol. The number of ether oxygens (including phenoxy) is 1. The van der Waals surface area contributed by atoms with Gasteiger partial charge >= 0.3 is 0 Å². The van der Waals surface area contributed by atoms with E-state index in [9.17, 15) is 4.79 Å². The van der Waals surface area contributed by atoms with E-state index in [1.807, 2.05) is 24.3 Å². The van der Waals surface area contributed by atoms with E-state index in [-0.39, 0.29) is 0 Å². The molecule has 1 aliphatic heterocycles. The normalized spacial score (nSPS) is 13.6. The van der Waals surface area contributed by atoms with Crippen LogP contribution in [0.3, 0.4) is 0 Å². The Morgan fingerprint density at radius 2 is 1.22 bits per heavy atom. The Kier molecular flexibility index (Phi) is 4.80. The molecule has 0 saturated carbocycles. The van der Waals surface area contributed by atoms with Gasteiger partial charge < -0.3 is 14.4 Å². The number of fused-ring (bicyclic) bond motifs is 9. The summed E-state index contributed by atoms with van der Waals surface area (Å²) in [6.07, 6.45) is 1.38. The van der Waals surface area contributed by atoms with Crippen molar-refractivity contribution in [3.63, 3.8) is 0 Å². The summed E-state index contributed by atoms with van der Waals surface area (Å²) in [5.74, 6) is 1.79. The molecule has 5 aromatic rings. The van der Waals surface area contributed by atoms with Crippen molar-refractivity contribution < 1.29 is 9.53 Å². The van der Waals surface area contributed by atoms with Crippen LogP contribution in [0.2, 0.25) is 0 Å². The van der Waals surface area contributed by atoms with Gasteiger partial charge in [0, 0.05) is 36.0 Å². The smallest absolute Gasteiger partial charge is 0.132 e. The number of hydrogen-bond acceptors (Lipinski definition) is 3. The van der Waals surface area contributed by atoms with Gasteiger partial charge in [0.15, 0.2) is 0 Å². The summed E-state index contributed by atoms with van der Waals surface area (Å²) in [6, 6.07) is 40.6. The van der Waals surface area contributed by atoms with E-state index in [1.54, 1.807) is 0 Å². The van der Waals surface area contributed by atoms with E-state index in [0.29, 0.717) is 6.42 Å². The summed E-state index contributed by atoms with van der Waals surface area (Å²) < 4.78 is 6.44. The summed E-state index contributed by atoms with van der Waals surface area (Å²) in [4.78, 5) is 13.1. The summed E-state index contributed by atoms with van der Waals surface area (Å²) in [5.41, 5.74) is 10.1. The van der Waals surface area contributed by atoms with Crippen LogP contribution in [0.25, 0.3) is 11.1 Å². The lowest BCUT2D eigenvalue weighted by molar-refractivity contribution is -0.107. The first-order chi connectivity index (χ1) is 18.2. The van der Waals surface area contributed by atoms with Crippen LogP contribution >= 0.6 is 0 Å². The second-order valence-corrected chi connectivity index (χ2v) is 9.72. The molecule has 0 N–H and O–H groups in total. The van der Waals surface area contributed by atoms with Crippen LogP contribution in [0, 0.1) is 0 Å². The Balaban J connectivity index is 1.48. The topological polar surface area (TPSA) is 29.5 Å². The van der Waals surface area contributed by atoms with Crippen LogP contribution in [0.5, 0.6) is 11.5 Å². The molecule has 0 unspecified atom stereocenters. The Bertz CT molecular complexity index is 1620. The van der Waals surface area contributed by atoms with Crippen LogP contribution in [0.1, 0.15) is 27.8 Å². The van der Waals surface area contributed by atoms with Gasteiger partial charge in [0.1, 0.15) is 17.8 Å². The van der Waals surface area contributed by atoms with Crippen LogP contribution in [0.15, 0.2) is 115 Å². The number of anilines is 2.